The Bertz CT molecular complexity index is 819. The van der Waals surface area contributed by atoms with Crippen molar-refractivity contribution in [3.63, 3.8) is 0 Å². The molecule has 0 radical (unpaired) electrons. The van der Waals surface area contributed by atoms with Crippen LogP contribution in [-0.4, -0.2) is 38.6 Å². The molecule has 1 N–H and O–H groups in total. The molecule has 6 heteroatoms. The summed E-state index contributed by atoms with van der Waals surface area (Å²) < 4.78 is 11.0. The number of nitrogens with zero attached hydrogens (tertiary/aromatic N) is 1. The van der Waals surface area contributed by atoms with Crippen molar-refractivity contribution in [3.05, 3.63) is 53.6 Å². The fraction of sp³-hybridized carbons (Fsp3) is 0.263. The number of carbonyl (C=O) groups is 2. The van der Waals surface area contributed by atoms with E-state index in [-0.39, 0.29) is 18.4 Å². The van der Waals surface area contributed by atoms with Crippen LogP contribution in [0.2, 0.25) is 0 Å². The summed E-state index contributed by atoms with van der Waals surface area (Å²) in [5.74, 6) is 0.682. The lowest BCUT2D eigenvalue weighted by molar-refractivity contribution is -0.127. The molecule has 25 heavy (non-hydrogen) atoms. The number of rotatable bonds is 3. The summed E-state index contributed by atoms with van der Waals surface area (Å²) in [4.78, 5) is 26.7. The number of amides is 2. The SMILES string of the molecule is CNC(=O)[C@@H]1CN(C(=O)c2ccc(C)c(OC)c2)c2ccccc2O1. The second-order valence-corrected chi connectivity index (χ2v) is 5.79. The molecular formula is C19H20N2O4. The summed E-state index contributed by atoms with van der Waals surface area (Å²) in [5, 5.41) is 2.57. The molecule has 1 aliphatic heterocycles. The maximum atomic E-state index is 13.1. The number of nitrogens with one attached hydrogen (secondary N) is 1. The van der Waals surface area contributed by atoms with Gasteiger partial charge in [-0.2, -0.15) is 0 Å². The van der Waals surface area contributed by atoms with Gasteiger partial charge >= 0.3 is 0 Å². The zero-order valence-electron chi connectivity index (χ0n) is 14.4. The van der Waals surface area contributed by atoms with E-state index in [1.54, 1.807) is 43.3 Å². The minimum absolute atomic E-state index is 0.145. The van der Waals surface area contributed by atoms with Crippen LogP contribution in [0.5, 0.6) is 11.5 Å². The van der Waals surface area contributed by atoms with Crippen LogP contribution < -0.4 is 19.7 Å². The van der Waals surface area contributed by atoms with Gasteiger partial charge in [0.15, 0.2) is 6.10 Å². The number of para-hydroxylation sites is 2. The number of hydrogen-bond acceptors (Lipinski definition) is 4. The number of fused-ring (bicyclic) bond motifs is 1. The Morgan fingerprint density at radius 1 is 1.24 bits per heavy atom. The smallest absolute Gasteiger partial charge is 0.262 e. The van der Waals surface area contributed by atoms with Crippen LogP contribution in [0.15, 0.2) is 42.5 Å². The highest BCUT2D eigenvalue weighted by molar-refractivity contribution is 6.08. The van der Waals surface area contributed by atoms with Gasteiger partial charge in [-0.05, 0) is 36.8 Å². The first-order valence-corrected chi connectivity index (χ1v) is 7.99. The van der Waals surface area contributed by atoms with Gasteiger partial charge in [0.2, 0.25) is 0 Å². The van der Waals surface area contributed by atoms with E-state index in [0.29, 0.717) is 22.7 Å². The predicted molar refractivity (Wildman–Crippen MR) is 94.3 cm³/mol. The van der Waals surface area contributed by atoms with Crippen LogP contribution in [0, 0.1) is 6.92 Å². The monoisotopic (exact) mass is 340 g/mol. The van der Waals surface area contributed by atoms with Crippen LogP contribution in [0.4, 0.5) is 5.69 Å². The average molecular weight is 340 g/mol. The molecule has 0 saturated carbocycles. The molecule has 0 aliphatic carbocycles. The van der Waals surface area contributed by atoms with E-state index >= 15 is 0 Å². The van der Waals surface area contributed by atoms with Crippen molar-refractivity contribution in [3.8, 4) is 11.5 Å². The number of benzene rings is 2. The molecule has 0 spiro atoms. The van der Waals surface area contributed by atoms with Crippen LogP contribution in [0.1, 0.15) is 15.9 Å². The molecule has 130 valence electrons. The zero-order valence-corrected chi connectivity index (χ0v) is 14.4. The molecule has 0 fully saturated rings. The van der Waals surface area contributed by atoms with Gasteiger partial charge in [0.1, 0.15) is 11.5 Å². The summed E-state index contributed by atoms with van der Waals surface area (Å²) in [5.41, 5.74) is 2.09. The Kier molecular flexibility index (Phi) is 4.61. The van der Waals surface area contributed by atoms with Gasteiger partial charge in [-0.15, -0.1) is 0 Å². The van der Waals surface area contributed by atoms with Crippen LogP contribution >= 0.6 is 0 Å². The third-order valence-corrected chi connectivity index (χ3v) is 4.21. The normalized spacial score (nSPS) is 15.8. The molecule has 1 atom stereocenters. The number of ether oxygens (including phenoxy) is 2. The van der Waals surface area contributed by atoms with Crippen molar-refractivity contribution in [1.29, 1.82) is 0 Å². The Morgan fingerprint density at radius 3 is 2.72 bits per heavy atom. The van der Waals surface area contributed by atoms with Gasteiger partial charge in [0.05, 0.1) is 19.3 Å². The lowest BCUT2D eigenvalue weighted by atomic mass is 10.1. The Hall–Kier alpha value is -3.02. The number of aryl methyl sites for hydroxylation is 1. The molecule has 3 rings (SSSR count). The van der Waals surface area contributed by atoms with Crippen molar-refractivity contribution < 1.29 is 19.1 Å². The Morgan fingerprint density at radius 2 is 2.00 bits per heavy atom. The zero-order chi connectivity index (χ0) is 18.0. The van der Waals surface area contributed by atoms with Crippen molar-refractivity contribution in [2.75, 3.05) is 25.6 Å². The average Bonchev–Trinajstić information content (AvgIpc) is 2.66. The topological polar surface area (TPSA) is 67.9 Å². The van der Waals surface area contributed by atoms with E-state index in [1.165, 1.54) is 0 Å². The number of carbonyl (C=O) groups excluding carboxylic acids is 2. The number of hydrogen-bond donors (Lipinski definition) is 1. The van der Waals surface area contributed by atoms with Crippen LogP contribution in [-0.2, 0) is 4.79 Å². The largest absolute Gasteiger partial charge is 0.496 e. The quantitative estimate of drug-likeness (QED) is 0.930. The fourth-order valence-corrected chi connectivity index (χ4v) is 2.83. The van der Waals surface area contributed by atoms with Crippen molar-refractivity contribution in [1.82, 2.24) is 5.32 Å². The van der Waals surface area contributed by atoms with E-state index in [1.807, 2.05) is 25.1 Å². The van der Waals surface area contributed by atoms with Gasteiger partial charge in [-0.25, -0.2) is 0 Å². The molecule has 6 nitrogen and oxygen atoms in total. The van der Waals surface area contributed by atoms with Gasteiger partial charge in [0.25, 0.3) is 11.8 Å². The molecule has 2 aromatic carbocycles. The molecule has 0 saturated heterocycles. The number of methoxy groups -OCH3 is 1. The molecule has 2 amide bonds. The third kappa shape index (κ3) is 3.15. The molecule has 1 heterocycles. The van der Waals surface area contributed by atoms with Gasteiger partial charge in [-0.3, -0.25) is 9.59 Å². The molecule has 1 aliphatic rings. The van der Waals surface area contributed by atoms with Crippen molar-refractivity contribution in [2.24, 2.45) is 0 Å². The highest BCUT2D eigenvalue weighted by Gasteiger charge is 2.33. The highest BCUT2D eigenvalue weighted by atomic mass is 16.5. The number of likely N-dealkylation sites (N-methyl/N-ethyl adjacent to an activating group) is 1. The number of anilines is 1. The summed E-state index contributed by atoms with van der Waals surface area (Å²) in [7, 11) is 3.12. The highest BCUT2D eigenvalue weighted by Crippen LogP contribution is 2.34. The van der Waals surface area contributed by atoms with Crippen molar-refractivity contribution >= 4 is 17.5 Å². The first-order valence-electron chi connectivity index (χ1n) is 7.99. The molecule has 0 aromatic heterocycles. The van der Waals surface area contributed by atoms with Crippen LogP contribution in [0.3, 0.4) is 0 Å². The molecule has 0 unspecified atom stereocenters. The van der Waals surface area contributed by atoms with Crippen molar-refractivity contribution in [2.45, 2.75) is 13.0 Å². The van der Waals surface area contributed by atoms with Gasteiger partial charge in [-0.1, -0.05) is 18.2 Å². The van der Waals surface area contributed by atoms with E-state index < -0.39 is 6.10 Å². The summed E-state index contributed by atoms with van der Waals surface area (Å²) >= 11 is 0. The predicted octanol–water partition coefficient (Wildman–Crippen LogP) is 2.16. The Balaban J connectivity index is 1.99. The lowest BCUT2D eigenvalue weighted by Crippen LogP contribution is -2.50. The molecular weight excluding hydrogens is 320 g/mol. The molecule has 2 aromatic rings. The van der Waals surface area contributed by atoms with E-state index in [9.17, 15) is 9.59 Å². The first-order chi connectivity index (χ1) is 12.0. The first kappa shape index (κ1) is 16.8. The van der Waals surface area contributed by atoms with E-state index in [0.717, 1.165) is 5.56 Å². The van der Waals surface area contributed by atoms with Crippen LogP contribution in [0.25, 0.3) is 0 Å². The summed E-state index contributed by atoms with van der Waals surface area (Å²) in [6, 6.07) is 12.5. The summed E-state index contributed by atoms with van der Waals surface area (Å²) in [6.45, 7) is 2.06. The molecule has 0 bridgehead atoms. The summed E-state index contributed by atoms with van der Waals surface area (Å²) in [6.07, 6.45) is -0.754. The third-order valence-electron chi connectivity index (χ3n) is 4.21. The lowest BCUT2D eigenvalue weighted by Gasteiger charge is -2.34. The Labute approximate surface area is 146 Å². The maximum Gasteiger partial charge on any atom is 0.262 e. The fourth-order valence-electron chi connectivity index (χ4n) is 2.83. The standard InChI is InChI=1S/C19H20N2O4/c1-12-8-9-13(10-16(12)24-3)19(23)21-11-17(18(22)20-2)25-15-7-5-4-6-14(15)21/h4-10,17H,11H2,1-3H3,(H,20,22)/t17-/m0/s1. The van der Waals surface area contributed by atoms with E-state index in [2.05, 4.69) is 5.32 Å². The second kappa shape index (κ2) is 6.84. The second-order valence-electron chi connectivity index (χ2n) is 5.79. The minimum Gasteiger partial charge on any atom is -0.496 e. The van der Waals surface area contributed by atoms with E-state index in [4.69, 9.17) is 9.47 Å². The van der Waals surface area contributed by atoms with Gasteiger partial charge < -0.3 is 19.7 Å². The maximum absolute atomic E-state index is 13.1. The van der Waals surface area contributed by atoms with Gasteiger partial charge in [0, 0.05) is 12.6 Å². The minimum atomic E-state index is -0.754.